The van der Waals surface area contributed by atoms with Gasteiger partial charge in [-0.15, -0.1) is 23.1 Å². The lowest BCUT2D eigenvalue weighted by Gasteiger charge is -2.49. The quantitative estimate of drug-likeness (QED) is 0.107. The van der Waals surface area contributed by atoms with Crippen molar-refractivity contribution in [3.8, 4) is 0 Å². The number of carboxylic acids is 1. The van der Waals surface area contributed by atoms with Crippen LogP contribution in [0.4, 0.5) is 5.13 Å². The average Bonchev–Trinajstić information content (AvgIpc) is 3.24. The summed E-state index contributed by atoms with van der Waals surface area (Å²) in [6, 6.07) is -0.988. The third kappa shape index (κ3) is 5.28. The molecule has 0 unspecified atom stereocenters. The number of nitrogen functional groups attached to an aromatic ring is 1. The van der Waals surface area contributed by atoms with Gasteiger partial charge in [0.25, 0.3) is 11.8 Å². The van der Waals surface area contributed by atoms with E-state index in [1.165, 1.54) is 36.4 Å². The molecule has 34 heavy (non-hydrogen) atoms. The first-order valence-corrected chi connectivity index (χ1v) is 11.7. The van der Waals surface area contributed by atoms with Gasteiger partial charge in [-0.25, -0.2) is 14.6 Å². The van der Waals surface area contributed by atoms with E-state index in [1.54, 1.807) is 19.1 Å². The number of esters is 1. The summed E-state index contributed by atoms with van der Waals surface area (Å²) in [7, 11) is 1.25. The first kappa shape index (κ1) is 25.0. The molecule has 2 aliphatic rings. The SMILES string of the molecule is C/C=C/C=C/C(=O)OCC1=C(C(=O)O)N2C(=O)[C@@H](NC(=O)/C(=N\OC)c3csc(N)n3)[C@H]2SC1. The summed E-state index contributed by atoms with van der Waals surface area (Å²) >= 11 is 2.34. The van der Waals surface area contributed by atoms with Crippen LogP contribution in [0, 0.1) is 0 Å². The Kier molecular flexibility index (Phi) is 8.07. The average molecular weight is 508 g/mol. The molecular weight excluding hydrogens is 486 g/mol. The first-order valence-electron chi connectivity index (χ1n) is 9.78. The maximum absolute atomic E-state index is 12.8. The molecule has 14 heteroatoms. The molecule has 3 rings (SSSR count). The van der Waals surface area contributed by atoms with Crippen molar-refractivity contribution < 1.29 is 33.9 Å². The molecule has 1 fully saturated rings. The van der Waals surface area contributed by atoms with E-state index in [0.717, 1.165) is 16.2 Å². The number of allylic oxidation sites excluding steroid dienone is 3. The number of β-lactam (4-membered cyclic amide) rings is 1. The van der Waals surface area contributed by atoms with Crippen LogP contribution in [0.15, 0.2) is 46.1 Å². The number of nitrogens with two attached hydrogens (primary N) is 1. The smallest absolute Gasteiger partial charge is 0.352 e. The minimum atomic E-state index is -1.33. The highest BCUT2D eigenvalue weighted by Crippen LogP contribution is 2.40. The van der Waals surface area contributed by atoms with E-state index < -0.39 is 35.2 Å². The van der Waals surface area contributed by atoms with Gasteiger partial charge in [-0.05, 0) is 6.92 Å². The molecule has 0 spiro atoms. The number of thioether (sulfide) groups is 1. The Bertz CT molecular complexity index is 1120. The number of fused-ring (bicyclic) bond motifs is 1. The zero-order chi connectivity index (χ0) is 24.8. The third-order valence-corrected chi connectivity index (χ3v) is 6.64. The number of amides is 2. The summed E-state index contributed by atoms with van der Waals surface area (Å²) in [6.07, 6.45) is 6.07. The van der Waals surface area contributed by atoms with Crippen molar-refractivity contribution in [2.24, 2.45) is 5.16 Å². The normalized spacial score (nSPS) is 20.4. The number of anilines is 1. The molecule has 0 aromatic carbocycles. The lowest BCUT2D eigenvalue weighted by atomic mass is 10.0. The molecule has 12 nitrogen and oxygen atoms in total. The Morgan fingerprint density at radius 3 is 2.79 bits per heavy atom. The molecule has 180 valence electrons. The number of carbonyl (C=O) groups is 4. The van der Waals surface area contributed by atoms with E-state index in [4.69, 9.17) is 15.3 Å². The number of nitrogens with one attached hydrogen (secondary N) is 1. The van der Waals surface area contributed by atoms with Crippen LogP contribution >= 0.6 is 23.1 Å². The van der Waals surface area contributed by atoms with E-state index in [0.29, 0.717) is 0 Å². The fourth-order valence-electron chi connectivity index (χ4n) is 3.15. The van der Waals surface area contributed by atoms with Crippen LogP contribution in [0.5, 0.6) is 0 Å². The predicted molar refractivity (Wildman–Crippen MR) is 125 cm³/mol. The van der Waals surface area contributed by atoms with E-state index in [2.05, 4.69) is 15.5 Å². The van der Waals surface area contributed by atoms with Gasteiger partial charge in [-0.3, -0.25) is 14.5 Å². The second kappa shape index (κ2) is 11.0. The van der Waals surface area contributed by atoms with Crippen molar-refractivity contribution in [1.29, 1.82) is 0 Å². The number of aliphatic carboxylic acids is 1. The Balaban J connectivity index is 1.72. The molecule has 1 aromatic rings. The van der Waals surface area contributed by atoms with Crippen LogP contribution in [-0.4, -0.2) is 75.3 Å². The number of hydrogen-bond acceptors (Lipinski definition) is 11. The number of ether oxygens (including phenoxy) is 1. The number of carbonyl (C=O) groups excluding carboxylic acids is 3. The maximum Gasteiger partial charge on any atom is 0.352 e. The van der Waals surface area contributed by atoms with Crippen LogP contribution in [0.3, 0.4) is 0 Å². The number of aromatic nitrogens is 1. The number of hydrogen-bond donors (Lipinski definition) is 3. The maximum atomic E-state index is 12.8. The minimum absolute atomic E-state index is 0.171. The standard InChI is InChI=1S/C20H21N5O7S2/c1-3-4-5-6-12(26)32-7-10-8-33-18-14(17(28)25(18)15(10)19(29)30)23-16(27)13(24-31-2)11-9-34-20(21)22-11/h3-6,9,14,18H,7-8H2,1-2H3,(H2,21,22)(H,23,27)(H,29,30)/b4-3+,6-5+,24-13-/t14-,18-/m1/s1. The second-order valence-electron chi connectivity index (χ2n) is 6.80. The molecular formula is C20H21N5O7S2. The van der Waals surface area contributed by atoms with Gasteiger partial charge in [-0.1, -0.05) is 23.4 Å². The van der Waals surface area contributed by atoms with Crippen LogP contribution in [0.25, 0.3) is 0 Å². The number of thiazole rings is 1. The van der Waals surface area contributed by atoms with Crippen molar-refractivity contribution >= 4 is 57.7 Å². The van der Waals surface area contributed by atoms with Crippen molar-refractivity contribution in [2.45, 2.75) is 18.3 Å². The summed E-state index contributed by atoms with van der Waals surface area (Å²) in [6.45, 7) is 1.51. The largest absolute Gasteiger partial charge is 0.477 e. The van der Waals surface area contributed by atoms with E-state index in [1.807, 2.05) is 0 Å². The highest BCUT2D eigenvalue weighted by molar-refractivity contribution is 8.00. The molecule has 0 aliphatic carbocycles. The van der Waals surface area contributed by atoms with Gasteiger partial charge >= 0.3 is 11.9 Å². The summed E-state index contributed by atoms with van der Waals surface area (Å²) in [4.78, 5) is 59.0. The minimum Gasteiger partial charge on any atom is -0.477 e. The summed E-state index contributed by atoms with van der Waals surface area (Å²) in [5, 5.41) is 17.0. The highest BCUT2D eigenvalue weighted by Gasteiger charge is 2.54. The summed E-state index contributed by atoms with van der Waals surface area (Å²) < 4.78 is 5.10. The number of carboxylic acid groups (broad SMARTS) is 1. The fourth-order valence-corrected chi connectivity index (χ4v) is 5.02. The van der Waals surface area contributed by atoms with Crippen LogP contribution in [0.1, 0.15) is 12.6 Å². The van der Waals surface area contributed by atoms with Crippen LogP contribution in [-0.2, 0) is 28.8 Å². The van der Waals surface area contributed by atoms with Gasteiger partial charge < -0.3 is 25.7 Å². The fraction of sp³-hybridized carbons (Fsp3) is 0.300. The number of nitrogens with zero attached hydrogens (tertiary/aromatic N) is 3. The van der Waals surface area contributed by atoms with Crippen molar-refractivity contribution in [2.75, 3.05) is 25.2 Å². The topological polar surface area (TPSA) is 174 Å². The molecule has 0 bridgehead atoms. The lowest BCUT2D eigenvalue weighted by molar-refractivity contribution is -0.150. The van der Waals surface area contributed by atoms with Crippen LogP contribution < -0.4 is 11.1 Å². The van der Waals surface area contributed by atoms with Gasteiger partial charge in [0.05, 0.1) is 0 Å². The summed E-state index contributed by atoms with van der Waals surface area (Å²) in [5.74, 6) is -3.13. The monoisotopic (exact) mass is 507 g/mol. The molecule has 3 heterocycles. The molecule has 2 atom stereocenters. The number of rotatable bonds is 9. The Morgan fingerprint density at radius 2 is 2.18 bits per heavy atom. The first-order chi connectivity index (χ1) is 16.3. The number of oxime groups is 1. The van der Waals surface area contributed by atoms with Gasteiger partial charge in [0.1, 0.15) is 36.5 Å². The predicted octanol–water partition coefficient (Wildman–Crippen LogP) is 0.490. The zero-order valence-corrected chi connectivity index (χ0v) is 19.7. The zero-order valence-electron chi connectivity index (χ0n) is 18.1. The van der Waals surface area contributed by atoms with E-state index in [9.17, 15) is 24.3 Å². The highest BCUT2D eigenvalue weighted by atomic mass is 32.2. The van der Waals surface area contributed by atoms with Gasteiger partial charge in [0, 0.05) is 22.8 Å². The van der Waals surface area contributed by atoms with Gasteiger partial charge in [0.15, 0.2) is 10.8 Å². The molecule has 1 saturated heterocycles. The molecule has 0 saturated carbocycles. The molecule has 2 aliphatic heterocycles. The Labute approximate surface area is 202 Å². The molecule has 0 radical (unpaired) electrons. The van der Waals surface area contributed by atoms with E-state index >= 15 is 0 Å². The van der Waals surface area contributed by atoms with Gasteiger partial charge in [-0.2, -0.15) is 0 Å². The Hall–Kier alpha value is -3.65. The third-order valence-electron chi connectivity index (χ3n) is 4.62. The van der Waals surface area contributed by atoms with E-state index in [-0.39, 0.29) is 40.2 Å². The van der Waals surface area contributed by atoms with Crippen molar-refractivity contribution in [1.82, 2.24) is 15.2 Å². The molecule has 4 N–H and O–H groups in total. The van der Waals surface area contributed by atoms with Crippen molar-refractivity contribution in [3.05, 3.63) is 46.6 Å². The lowest BCUT2D eigenvalue weighted by Crippen LogP contribution is -2.71. The molecule has 1 aromatic heterocycles. The van der Waals surface area contributed by atoms with Crippen molar-refractivity contribution in [3.63, 3.8) is 0 Å². The van der Waals surface area contributed by atoms with Gasteiger partial charge in [0.2, 0.25) is 0 Å². The Morgan fingerprint density at radius 1 is 1.41 bits per heavy atom. The van der Waals surface area contributed by atoms with Crippen LogP contribution in [0.2, 0.25) is 0 Å². The molecule has 2 amide bonds. The second-order valence-corrected chi connectivity index (χ2v) is 8.80. The summed E-state index contributed by atoms with van der Waals surface area (Å²) in [5.41, 5.74) is 5.63.